The van der Waals surface area contributed by atoms with E-state index < -0.39 is 0 Å². The second kappa shape index (κ2) is 11.5. The van der Waals surface area contributed by atoms with Crippen molar-refractivity contribution in [1.82, 2.24) is 14.9 Å². The molecular weight excluding hydrogens is 438 g/mol. The highest BCUT2D eigenvalue weighted by molar-refractivity contribution is 5.82. The number of aryl methyl sites for hydroxylation is 2. The molecule has 0 saturated carbocycles. The lowest BCUT2D eigenvalue weighted by Crippen LogP contribution is -2.51. The van der Waals surface area contributed by atoms with Gasteiger partial charge < -0.3 is 19.4 Å². The van der Waals surface area contributed by atoms with Crippen LogP contribution in [0.4, 0.5) is 11.6 Å². The lowest BCUT2D eigenvalue weighted by Gasteiger charge is -2.36. The van der Waals surface area contributed by atoms with E-state index in [4.69, 9.17) is 4.74 Å². The van der Waals surface area contributed by atoms with Gasteiger partial charge in [-0.25, -0.2) is 9.97 Å². The molecule has 2 aromatic carbocycles. The van der Waals surface area contributed by atoms with E-state index in [0.717, 1.165) is 30.1 Å². The molecule has 1 amide bonds. The van der Waals surface area contributed by atoms with E-state index in [1.807, 2.05) is 29.2 Å². The van der Waals surface area contributed by atoms with Crippen LogP contribution in [0.5, 0.6) is 5.75 Å². The molecular formula is C28H33N5O2. The van der Waals surface area contributed by atoms with Gasteiger partial charge >= 0.3 is 0 Å². The highest BCUT2D eigenvalue weighted by Crippen LogP contribution is 2.25. The molecule has 0 unspecified atom stereocenters. The molecule has 0 bridgehead atoms. The number of ether oxygens (including phenoxy) is 1. The topological polar surface area (TPSA) is 61.8 Å². The van der Waals surface area contributed by atoms with E-state index in [1.54, 1.807) is 18.5 Å². The zero-order chi connectivity index (χ0) is 24.6. The Balaban J connectivity index is 1.49. The molecule has 1 fully saturated rings. The number of amides is 1. The summed E-state index contributed by atoms with van der Waals surface area (Å²) in [5.41, 5.74) is 4.49. The van der Waals surface area contributed by atoms with Crippen LogP contribution in [0.1, 0.15) is 16.7 Å². The summed E-state index contributed by atoms with van der Waals surface area (Å²) in [6.07, 6.45) is 5.23. The summed E-state index contributed by atoms with van der Waals surface area (Å²) in [4.78, 5) is 28.3. The van der Waals surface area contributed by atoms with E-state index >= 15 is 0 Å². The van der Waals surface area contributed by atoms with Gasteiger partial charge in [-0.1, -0.05) is 36.9 Å². The summed E-state index contributed by atoms with van der Waals surface area (Å²) in [5.74, 6) is 1.64. The van der Waals surface area contributed by atoms with Gasteiger partial charge in [-0.05, 0) is 49.2 Å². The van der Waals surface area contributed by atoms with Gasteiger partial charge in [0.05, 0.1) is 6.54 Å². The molecule has 0 N–H and O–H groups in total. The SMILES string of the molecule is C=CCOc1ccccc1CN(CC(=O)N1CCN(c2ncccn2)CC1)c1ccc(C)c(C)c1. The molecule has 4 rings (SSSR count). The summed E-state index contributed by atoms with van der Waals surface area (Å²) < 4.78 is 5.88. The lowest BCUT2D eigenvalue weighted by atomic mass is 10.1. The minimum absolute atomic E-state index is 0.112. The molecule has 1 saturated heterocycles. The Morgan fingerprint density at radius 3 is 2.49 bits per heavy atom. The fourth-order valence-electron chi connectivity index (χ4n) is 4.16. The van der Waals surface area contributed by atoms with E-state index in [2.05, 4.69) is 64.5 Å². The number of hydrogen-bond acceptors (Lipinski definition) is 6. The zero-order valence-corrected chi connectivity index (χ0v) is 20.6. The van der Waals surface area contributed by atoms with E-state index in [9.17, 15) is 4.79 Å². The molecule has 1 aromatic heterocycles. The van der Waals surface area contributed by atoms with Crippen LogP contribution in [0, 0.1) is 13.8 Å². The van der Waals surface area contributed by atoms with E-state index in [1.165, 1.54) is 11.1 Å². The summed E-state index contributed by atoms with van der Waals surface area (Å²) in [6.45, 7) is 12.0. The Kier molecular flexibility index (Phi) is 7.98. The minimum Gasteiger partial charge on any atom is -0.489 e. The van der Waals surface area contributed by atoms with Crippen molar-refractivity contribution in [3.8, 4) is 5.75 Å². The van der Waals surface area contributed by atoms with Gasteiger partial charge in [0.1, 0.15) is 12.4 Å². The molecule has 0 aliphatic carbocycles. The van der Waals surface area contributed by atoms with Gasteiger partial charge in [0.15, 0.2) is 0 Å². The van der Waals surface area contributed by atoms with Crippen molar-refractivity contribution in [3.63, 3.8) is 0 Å². The molecule has 1 aliphatic rings. The number of carbonyl (C=O) groups is 1. The average Bonchev–Trinajstić information content (AvgIpc) is 2.90. The number of hydrogen-bond donors (Lipinski definition) is 0. The van der Waals surface area contributed by atoms with Crippen molar-refractivity contribution in [2.24, 2.45) is 0 Å². The Morgan fingerprint density at radius 2 is 1.77 bits per heavy atom. The highest BCUT2D eigenvalue weighted by Gasteiger charge is 2.24. The molecule has 7 heteroatoms. The first kappa shape index (κ1) is 24.3. The molecule has 35 heavy (non-hydrogen) atoms. The van der Waals surface area contributed by atoms with Crippen molar-refractivity contribution < 1.29 is 9.53 Å². The van der Waals surface area contributed by atoms with Crippen LogP contribution in [-0.2, 0) is 11.3 Å². The van der Waals surface area contributed by atoms with E-state index in [0.29, 0.717) is 38.7 Å². The number of para-hydroxylation sites is 1. The maximum Gasteiger partial charge on any atom is 0.242 e. The van der Waals surface area contributed by atoms with Gasteiger partial charge in [-0.15, -0.1) is 0 Å². The number of rotatable bonds is 9. The molecule has 7 nitrogen and oxygen atoms in total. The second-order valence-electron chi connectivity index (χ2n) is 8.75. The highest BCUT2D eigenvalue weighted by atomic mass is 16.5. The second-order valence-corrected chi connectivity index (χ2v) is 8.75. The third-order valence-corrected chi connectivity index (χ3v) is 6.34. The quantitative estimate of drug-likeness (QED) is 0.440. The van der Waals surface area contributed by atoms with Gasteiger partial charge in [-0.2, -0.15) is 0 Å². The number of piperazine rings is 1. The van der Waals surface area contributed by atoms with Crippen molar-refractivity contribution in [2.45, 2.75) is 20.4 Å². The van der Waals surface area contributed by atoms with Crippen LogP contribution in [0.15, 0.2) is 73.6 Å². The van der Waals surface area contributed by atoms with Crippen molar-refractivity contribution >= 4 is 17.5 Å². The average molecular weight is 472 g/mol. The molecule has 182 valence electrons. The molecule has 0 radical (unpaired) electrons. The first-order chi connectivity index (χ1) is 17.0. The van der Waals surface area contributed by atoms with Gasteiger partial charge in [0.2, 0.25) is 11.9 Å². The van der Waals surface area contributed by atoms with Crippen LogP contribution in [0.2, 0.25) is 0 Å². The Labute approximate surface area is 207 Å². The minimum atomic E-state index is 0.112. The standard InChI is InChI=1S/C28H33N5O2/c1-4-18-35-26-9-6-5-8-24(26)20-33(25-11-10-22(2)23(3)19-25)21-27(34)31-14-16-32(17-15-31)28-29-12-7-13-30-28/h4-13,19H,1,14-18,20-21H2,2-3H3. The van der Waals surface area contributed by atoms with Crippen molar-refractivity contribution in [1.29, 1.82) is 0 Å². The van der Waals surface area contributed by atoms with Gasteiger partial charge in [0, 0.05) is 56.4 Å². The molecule has 3 aromatic rings. The largest absolute Gasteiger partial charge is 0.489 e. The third kappa shape index (κ3) is 6.18. The van der Waals surface area contributed by atoms with Crippen LogP contribution in [0.3, 0.4) is 0 Å². The zero-order valence-electron chi connectivity index (χ0n) is 20.6. The summed E-state index contributed by atoms with van der Waals surface area (Å²) in [6, 6.07) is 16.1. The fourth-order valence-corrected chi connectivity index (χ4v) is 4.16. The maximum absolute atomic E-state index is 13.4. The first-order valence-corrected chi connectivity index (χ1v) is 12.0. The van der Waals surface area contributed by atoms with Crippen LogP contribution in [0.25, 0.3) is 0 Å². The smallest absolute Gasteiger partial charge is 0.242 e. The Morgan fingerprint density at radius 1 is 1.03 bits per heavy atom. The summed E-state index contributed by atoms with van der Waals surface area (Å²) in [7, 11) is 0. The molecule has 0 spiro atoms. The van der Waals surface area contributed by atoms with Gasteiger partial charge in [0.25, 0.3) is 0 Å². The monoisotopic (exact) mass is 471 g/mol. The Hall–Kier alpha value is -3.87. The molecule has 1 aliphatic heterocycles. The van der Waals surface area contributed by atoms with E-state index in [-0.39, 0.29) is 5.91 Å². The van der Waals surface area contributed by atoms with Crippen LogP contribution >= 0.6 is 0 Å². The summed E-state index contributed by atoms with van der Waals surface area (Å²) >= 11 is 0. The number of nitrogens with zero attached hydrogens (tertiary/aromatic N) is 5. The molecule has 2 heterocycles. The maximum atomic E-state index is 13.4. The van der Waals surface area contributed by atoms with Crippen LogP contribution in [-0.4, -0.2) is 60.1 Å². The fraction of sp³-hybridized carbons (Fsp3) is 0.321. The number of carbonyl (C=O) groups excluding carboxylic acids is 1. The number of aromatic nitrogens is 2. The predicted molar refractivity (Wildman–Crippen MR) is 140 cm³/mol. The molecule has 0 atom stereocenters. The van der Waals surface area contributed by atoms with Crippen molar-refractivity contribution in [2.75, 3.05) is 49.1 Å². The van der Waals surface area contributed by atoms with Gasteiger partial charge in [-0.3, -0.25) is 4.79 Å². The first-order valence-electron chi connectivity index (χ1n) is 12.0. The summed E-state index contributed by atoms with van der Waals surface area (Å²) in [5, 5.41) is 0. The number of anilines is 2. The predicted octanol–water partition coefficient (Wildman–Crippen LogP) is 4.01. The van der Waals surface area contributed by atoms with Crippen molar-refractivity contribution in [3.05, 3.63) is 90.3 Å². The normalized spacial score (nSPS) is 13.4. The lowest BCUT2D eigenvalue weighted by molar-refractivity contribution is -0.130. The Bertz CT molecular complexity index is 1140. The third-order valence-electron chi connectivity index (χ3n) is 6.34. The van der Waals surface area contributed by atoms with Crippen LogP contribution < -0.4 is 14.5 Å². The number of benzene rings is 2.